The Hall–Kier alpha value is -1.92. The van der Waals surface area contributed by atoms with E-state index in [2.05, 4.69) is 10.6 Å². The second-order valence-corrected chi connectivity index (χ2v) is 4.74. The highest BCUT2D eigenvalue weighted by molar-refractivity contribution is 5.85. The lowest BCUT2D eigenvalue weighted by Gasteiger charge is -2.21. The minimum Gasteiger partial charge on any atom is -0.356 e. The van der Waals surface area contributed by atoms with Gasteiger partial charge in [0.1, 0.15) is 5.69 Å². The maximum Gasteiger partial charge on any atom is 0.249 e. The van der Waals surface area contributed by atoms with Crippen molar-refractivity contribution in [3.63, 3.8) is 0 Å². The lowest BCUT2D eigenvalue weighted by Crippen LogP contribution is -2.33. The summed E-state index contributed by atoms with van der Waals surface area (Å²) in [6, 6.07) is 7.43. The lowest BCUT2D eigenvalue weighted by molar-refractivity contribution is -0.200. The van der Waals surface area contributed by atoms with Crippen molar-refractivity contribution >= 4 is 16.9 Å². The van der Waals surface area contributed by atoms with Gasteiger partial charge in [0.15, 0.2) is 11.9 Å². The van der Waals surface area contributed by atoms with Gasteiger partial charge in [0.25, 0.3) is 0 Å². The summed E-state index contributed by atoms with van der Waals surface area (Å²) >= 11 is 0. The van der Waals surface area contributed by atoms with E-state index in [-0.39, 0.29) is 18.6 Å². The molecule has 2 aromatic rings. The molecule has 106 valence electrons. The van der Waals surface area contributed by atoms with Crippen LogP contribution in [-0.2, 0) is 20.8 Å². The predicted octanol–water partition coefficient (Wildman–Crippen LogP) is 1.94. The highest BCUT2D eigenvalue weighted by Gasteiger charge is 2.17. The van der Waals surface area contributed by atoms with E-state index >= 15 is 0 Å². The highest BCUT2D eigenvalue weighted by atomic mass is 16.8. The number of carbonyl (C=O) groups is 1. The van der Waals surface area contributed by atoms with Crippen LogP contribution in [-0.4, -0.2) is 24.0 Å². The monoisotopic (exact) mass is 276 g/mol. The van der Waals surface area contributed by atoms with Crippen LogP contribution in [0.5, 0.6) is 0 Å². The summed E-state index contributed by atoms with van der Waals surface area (Å²) in [5, 5.41) is 4.75. The molecule has 1 saturated heterocycles. The van der Waals surface area contributed by atoms with Crippen molar-refractivity contribution in [3.8, 4) is 0 Å². The minimum absolute atomic E-state index is 0.115. The maximum atomic E-state index is 11.8. The molecule has 1 aliphatic rings. The zero-order valence-electron chi connectivity index (χ0n) is 11.0. The van der Waals surface area contributed by atoms with Gasteiger partial charge in [-0.2, -0.15) is 0 Å². The average molecular weight is 276 g/mol. The zero-order valence-corrected chi connectivity index (χ0v) is 11.0. The van der Waals surface area contributed by atoms with Crippen molar-refractivity contribution in [2.75, 3.05) is 6.61 Å². The van der Waals surface area contributed by atoms with Gasteiger partial charge in [-0.1, -0.05) is 17.3 Å². The number of nitrogens with zero attached hydrogens (tertiary/aromatic N) is 1. The van der Waals surface area contributed by atoms with Gasteiger partial charge < -0.3 is 9.26 Å². The Morgan fingerprint density at radius 2 is 2.30 bits per heavy atom. The maximum absolute atomic E-state index is 11.8. The van der Waals surface area contributed by atoms with Gasteiger partial charge in [0.2, 0.25) is 5.91 Å². The van der Waals surface area contributed by atoms with Gasteiger partial charge in [-0.05, 0) is 25.0 Å². The second-order valence-electron chi connectivity index (χ2n) is 4.74. The number of nitrogens with one attached hydrogen (secondary N) is 1. The molecule has 0 spiro atoms. The summed E-state index contributed by atoms with van der Waals surface area (Å²) in [7, 11) is 0. The Labute approximate surface area is 116 Å². The molecule has 1 aromatic heterocycles. The first-order chi connectivity index (χ1) is 9.83. The Morgan fingerprint density at radius 3 is 3.15 bits per heavy atom. The number of ether oxygens (including phenoxy) is 1. The normalized spacial score (nSPS) is 19.1. The topological polar surface area (TPSA) is 73.6 Å². The van der Waals surface area contributed by atoms with Gasteiger partial charge in [0.05, 0.1) is 6.42 Å². The summed E-state index contributed by atoms with van der Waals surface area (Å²) in [5.41, 5.74) is 3.69. The van der Waals surface area contributed by atoms with E-state index in [0.717, 1.165) is 24.6 Å². The number of aromatic nitrogens is 1. The summed E-state index contributed by atoms with van der Waals surface area (Å²) < 4.78 is 10.5. The molecule has 0 aliphatic carbocycles. The molecule has 1 aromatic carbocycles. The largest absolute Gasteiger partial charge is 0.356 e. The molecule has 1 fully saturated rings. The van der Waals surface area contributed by atoms with Crippen molar-refractivity contribution in [1.82, 2.24) is 10.6 Å². The Bertz CT molecular complexity index is 590. The van der Waals surface area contributed by atoms with E-state index in [1.54, 1.807) is 0 Å². The molecule has 20 heavy (non-hydrogen) atoms. The third kappa shape index (κ3) is 2.97. The molecule has 1 atom stereocenters. The van der Waals surface area contributed by atoms with Crippen molar-refractivity contribution < 1.29 is 18.9 Å². The SMILES string of the molecule is O=C(Cc1noc2ccccc12)NO[C@H]1CCCCO1. The average Bonchev–Trinajstić information content (AvgIpc) is 2.90. The molecule has 2 heterocycles. The van der Waals surface area contributed by atoms with Crippen LogP contribution in [0.2, 0.25) is 0 Å². The number of rotatable bonds is 4. The summed E-state index contributed by atoms with van der Waals surface area (Å²) in [6.45, 7) is 0.675. The molecule has 3 rings (SSSR count). The quantitative estimate of drug-likeness (QED) is 0.864. The van der Waals surface area contributed by atoms with Gasteiger partial charge in [0, 0.05) is 18.4 Å². The minimum atomic E-state index is -0.346. The molecular weight excluding hydrogens is 260 g/mol. The molecule has 0 bridgehead atoms. The first-order valence-corrected chi connectivity index (χ1v) is 6.72. The molecule has 6 nitrogen and oxygen atoms in total. The first-order valence-electron chi connectivity index (χ1n) is 6.72. The van der Waals surface area contributed by atoms with Crippen LogP contribution in [0.15, 0.2) is 28.8 Å². The molecule has 1 aliphatic heterocycles. The van der Waals surface area contributed by atoms with Crippen LogP contribution in [0.25, 0.3) is 11.0 Å². The molecule has 0 unspecified atom stereocenters. The number of benzene rings is 1. The first kappa shape index (κ1) is 13.1. The molecule has 0 saturated carbocycles. The van der Waals surface area contributed by atoms with Crippen LogP contribution in [0, 0.1) is 0 Å². The van der Waals surface area contributed by atoms with Crippen LogP contribution in [0.3, 0.4) is 0 Å². The van der Waals surface area contributed by atoms with E-state index < -0.39 is 0 Å². The fourth-order valence-electron chi connectivity index (χ4n) is 2.19. The zero-order chi connectivity index (χ0) is 13.8. The van der Waals surface area contributed by atoms with Crippen molar-refractivity contribution in [3.05, 3.63) is 30.0 Å². The summed E-state index contributed by atoms with van der Waals surface area (Å²) in [4.78, 5) is 17.0. The van der Waals surface area contributed by atoms with Crippen LogP contribution in [0.1, 0.15) is 25.0 Å². The fourth-order valence-corrected chi connectivity index (χ4v) is 2.19. The number of para-hydroxylation sites is 1. The lowest BCUT2D eigenvalue weighted by atomic mass is 10.2. The number of hydroxylamine groups is 1. The summed E-state index contributed by atoms with van der Waals surface area (Å²) in [6.07, 6.45) is 2.66. The number of hydrogen-bond donors (Lipinski definition) is 1. The van der Waals surface area contributed by atoms with Crippen molar-refractivity contribution in [1.29, 1.82) is 0 Å². The van der Waals surface area contributed by atoms with Crippen LogP contribution in [0.4, 0.5) is 0 Å². The molecule has 1 N–H and O–H groups in total. The van der Waals surface area contributed by atoms with E-state index in [4.69, 9.17) is 14.1 Å². The van der Waals surface area contributed by atoms with Crippen molar-refractivity contribution in [2.45, 2.75) is 32.0 Å². The second kappa shape index (κ2) is 6.02. The fraction of sp³-hybridized carbons (Fsp3) is 0.429. The third-order valence-electron chi connectivity index (χ3n) is 3.22. The number of carbonyl (C=O) groups excluding carboxylic acids is 1. The smallest absolute Gasteiger partial charge is 0.249 e. The van der Waals surface area contributed by atoms with E-state index in [1.165, 1.54) is 0 Å². The predicted molar refractivity (Wildman–Crippen MR) is 70.5 cm³/mol. The van der Waals surface area contributed by atoms with E-state index in [1.807, 2.05) is 24.3 Å². The Kier molecular flexibility index (Phi) is 3.94. The summed E-state index contributed by atoms with van der Waals surface area (Å²) in [5.74, 6) is -0.266. The van der Waals surface area contributed by atoms with E-state index in [0.29, 0.717) is 17.9 Å². The molecular formula is C14H16N2O4. The standard InChI is InChI=1S/C14H16N2O4/c17-13(16-20-14-7-3-4-8-18-14)9-11-10-5-1-2-6-12(10)19-15-11/h1-2,5-6,14H,3-4,7-9H2,(H,16,17)/t14-/m0/s1. The molecule has 0 radical (unpaired) electrons. The molecule has 1 amide bonds. The highest BCUT2D eigenvalue weighted by Crippen LogP contribution is 2.18. The van der Waals surface area contributed by atoms with Gasteiger partial charge in [-0.25, -0.2) is 10.3 Å². The Balaban J connectivity index is 1.55. The number of hydrogen-bond acceptors (Lipinski definition) is 5. The van der Waals surface area contributed by atoms with Gasteiger partial charge in [-0.3, -0.25) is 4.79 Å². The van der Waals surface area contributed by atoms with Crippen LogP contribution >= 0.6 is 0 Å². The van der Waals surface area contributed by atoms with Crippen molar-refractivity contribution in [2.24, 2.45) is 0 Å². The van der Waals surface area contributed by atoms with Gasteiger partial charge >= 0.3 is 0 Å². The Morgan fingerprint density at radius 1 is 1.40 bits per heavy atom. The molecule has 6 heteroatoms. The van der Waals surface area contributed by atoms with E-state index in [9.17, 15) is 4.79 Å². The third-order valence-corrected chi connectivity index (χ3v) is 3.22. The number of amides is 1. The van der Waals surface area contributed by atoms with Gasteiger partial charge in [-0.15, -0.1) is 0 Å². The number of fused-ring (bicyclic) bond motifs is 1. The van der Waals surface area contributed by atoms with Crippen LogP contribution < -0.4 is 5.48 Å².